The Morgan fingerprint density at radius 2 is 2.35 bits per heavy atom. The predicted octanol–water partition coefficient (Wildman–Crippen LogP) is 1.52. The molecule has 1 aromatic heterocycles. The SMILES string of the molecule is CC(N)c1nc(C(=O)NC2CCN3CCCCC23)cs1. The topological polar surface area (TPSA) is 71.2 Å². The van der Waals surface area contributed by atoms with E-state index in [0.29, 0.717) is 11.7 Å². The second kappa shape index (κ2) is 5.79. The maximum atomic E-state index is 12.3. The third kappa shape index (κ3) is 2.73. The molecule has 0 aromatic carbocycles. The van der Waals surface area contributed by atoms with Crippen LogP contribution >= 0.6 is 11.3 Å². The van der Waals surface area contributed by atoms with Crippen molar-refractivity contribution >= 4 is 17.2 Å². The molecule has 2 aliphatic rings. The number of aromatic nitrogens is 1. The Labute approximate surface area is 123 Å². The van der Waals surface area contributed by atoms with E-state index < -0.39 is 0 Å². The van der Waals surface area contributed by atoms with Crippen molar-refractivity contribution in [3.8, 4) is 0 Å². The first-order valence-electron chi connectivity index (χ1n) is 7.41. The molecule has 20 heavy (non-hydrogen) atoms. The van der Waals surface area contributed by atoms with Crippen molar-refractivity contribution in [1.82, 2.24) is 15.2 Å². The van der Waals surface area contributed by atoms with Crippen LogP contribution in [0.3, 0.4) is 0 Å². The highest BCUT2D eigenvalue weighted by Gasteiger charge is 2.36. The molecular weight excluding hydrogens is 272 g/mol. The number of nitrogens with one attached hydrogen (secondary N) is 1. The minimum absolute atomic E-state index is 0.0504. The third-order valence-corrected chi connectivity index (χ3v) is 5.36. The standard InChI is InChI=1S/C14H22N4OS/c1-9(15)14-17-11(8-20-14)13(19)16-10-5-7-18-6-3-2-4-12(10)18/h8-10,12H,2-7,15H2,1H3,(H,16,19). The molecule has 3 atom stereocenters. The average molecular weight is 294 g/mol. The van der Waals surface area contributed by atoms with Crippen molar-refractivity contribution in [2.24, 2.45) is 5.73 Å². The van der Waals surface area contributed by atoms with E-state index in [2.05, 4.69) is 15.2 Å². The first-order chi connectivity index (χ1) is 9.65. The van der Waals surface area contributed by atoms with Gasteiger partial charge in [0.25, 0.3) is 5.91 Å². The Bertz CT molecular complexity index is 487. The van der Waals surface area contributed by atoms with Gasteiger partial charge in [0.05, 0.1) is 6.04 Å². The summed E-state index contributed by atoms with van der Waals surface area (Å²) >= 11 is 1.46. The lowest BCUT2D eigenvalue weighted by molar-refractivity contribution is 0.0911. The van der Waals surface area contributed by atoms with E-state index in [1.54, 1.807) is 0 Å². The van der Waals surface area contributed by atoms with Gasteiger partial charge in [-0.25, -0.2) is 4.98 Å². The number of nitrogens with two attached hydrogens (primary N) is 1. The largest absolute Gasteiger partial charge is 0.346 e. The number of rotatable bonds is 3. The number of hydrogen-bond donors (Lipinski definition) is 2. The van der Waals surface area contributed by atoms with E-state index in [9.17, 15) is 4.79 Å². The van der Waals surface area contributed by atoms with Crippen molar-refractivity contribution in [1.29, 1.82) is 0 Å². The van der Waals surface area contributed by atoms with E-state index in [1.165, 1.54) is 37.1 Å². The van der Waals surface area contributed by atoms with E-state index in [4.69, 9.17) is 5.73 Å². The van der Waals surface area contributed by atoms with E-state index in [-0.39, 0.29) is 18.0 Å². The van der Waals surface area contributed by atoms with Gasteiger partial charge in [0.2, 0.25) is 0 Å². The molecular formula is C14H22N4OS. The molecule has 2 aliphatic heterocycles. The van der Waals surface area contributed by atoms with Gasteiger partial charge >= 0.3 is 0 Å². The van der Waals surface area contributed by atoms with Crippen LogP contribution in [0.5, 0.6) is 0 Å². The van der Waals surface area contributed by atoms with Crippen molar-refractivity contribution in [2.75, 3.05) is 13.1 Å². The van der Waals surface area contributed by atoms with Crippen molar-refractivity contribution in [2.45, 2.75) is 50.7 Å². The van der Waals surface area contributed by atoms with Crippen LogP contribution in [0.4, 0.5) is 0 Å². The number of thiazole rings is 1. The van der Waals surface area contributed by atoms with Gasteiger partial charge < -0.3 is 11.1 Å². The lowest BCUT2D eigenvalue weighted by atomic mass is 9.99. The van der Waals surface area contributed by atoms with Crippen LogP contribution in [0.15, 0.2) is 5.38 Å². The molecule has 1 aromatic rings. The van der Waals surface area contributed by atoms with Crippen LogP contribution in [0, 0.1) is 0 Å². The van der Waals surface area contributed by atoms with Gasteiger partial charge in [-0.3, -0.25) is 9.69 Å². The highest BCUT2D eigenvalue weighted by Crippen LogP contribution is 2.27. The summed E-state index contributed by atoms with van der Waals surface area (Å²) in [4.78, 5) is 19.1. The van der Waals surface area contributed by atoms with Gasteiger partial charge in [-0.05, 0) is 32.7 Å². The number of piperidine rings is 1. The number of carbonyl (C=O) groups is 1. The molecule has 3 heterocycles. The molecule has 2 fully saturated rings. The highest BCUT2D eigenvalue weighted by molar-refractivity contribution is 7.09. The molecule has 1 amide bonds. The molecule has 0 spiro atoms. The molecule has 3 unspecified atom stereocenters. The molecule has 2 saturated heterocycles. The quantitative estimate of drug-likeness (QED) is 0.886. The summed E-state index contributed by atoms with van der Waals surface area (Å²) in [5, 5.41) is 5.80. The average Bonchev–Trinajstić information content (AvgIpc) is 3.06. The van der Waals surface area contributed by atoms with Gasteiger partial charge in [0.15, 0.2) is 0 Å². The molecule has 6 heteroatoms. The zero-order valence-corrected chi connectivity index (χ0v) is 12.7. The van der Waals surface area contributed by atoms with Crippen LogP contribution in [-0.2, 0) is 0 Å². The minimum Gasteiger partial charge on any atom is -0.346 e. The van der Waals surface area contributed by atoms with E-state index in [0.717, 1.165) is 18.0 Å². The predicted molar refractivity (Wildman–Crippen MR) is 79.8 cm³/mol. The highest BCUT2D eigenvalue weighted by atomic mass is 32.1. The summed E-state index contributed by atoms with van der Waals surface area (Å²) in [7, 11) is 0. The number of nitrogens with zero attached hydrogens (tertiary/aromatic N) is 2. The molecule has 0 saturated carbocycles. The van der Waals surface area contributed by atoms with Crippen molar-refractivity contribution in [3.05, 3.63) is 16.1 Å². The molecule has 0 aliphatic carbocycles. The number of fused-ring (bicyclic) bond motifs is 1. The summed E-state index contributed by atoms with van der Waals surface area (Å²) in [5.74, 6) is -0.0504. The third-order valence-electron chi connectivity index (χ3n) is 4.32. The molecule has 3 rings (SSSR count). The van der Waals surface area contributed by atoms with Crippen LogP contribution in [0.2, 0.25) is 0 Å². The second-order valence-electron chi connectivity index (χ2n) is 5.83. The van der Waals surface area contributed by atoms with Crippen LogP contribution in [0.25, 0.3) is 0 Å². The lowest BCUT2D eigenvalue weighted by Gasteiger charge is -2.32. The fraction of sp³-hybridized carbons (Fsp3) is 0.714. The Hall–Kier alpha value is -0.980. The Morgan fingerprint density at radius 3 is 3.10 bits per heavy atom. The minimum atomic E-state index is -0.109. The maximum absolute atomic E-state index is 12.3. The summed E-state index contributed by atoms with van der Waals surface area (Å²) in [6.07, 6.45) is 4.83. The van der Waals surface area contributed by atoms with Gasteiger partial charge in [-0.2, -0.15) is 0 Å². The van der Waals surface area contributed by atoms with Crippen LogP contribution in [0.1, 0.15) is 54.1 Å². The van der Waals surface area contributed by atoms with Gasteiger partial charge in [0.1, 0.15) is 10.7 Å². The monoisotopic (exact) mass is 294 g/mol. The zero-order chi connectivity index (χ0) is 14.1. The lowest BCUT2D eigenvalue weighted by Crippen LogP contribution is -2.46. The summed E-state index contributed by atoms with van der Waals surface area (Å²) in [6.45, 7) is 4.18. The van der Waals surface area contributed by atoms with E-state index >= 15 is 0 Å². The van der Waals surface area contributed by atoms with Gasteiger partial charge in [-0.15, -0.1) is 11.3 Å². The molecule has 0 radical (unpaired) electrons. The molecule has 0 bridgehead atoms. The first-order valence-corrected chi connectivity index (χ1v) is 8.29. The Morgan fingerprint density at radius 1 is 1.50 bits per heavy atom. The van der Waals surface area contributed by atoms with Gasteiger partial charge in [-0.1, -0.05) is 6.42 Å². The normalized spacial score (nSPS) is 28.1. The van der Waals surface area contributed by atoms with Crippen LogP contribution < -0.4 is 11.1 Å². The second-order valence-corrected chi connectivity index (χ2v) is 6.72. The molecule has 3 N–H and O–H groups in total. The van der Waals surface area contributed by atoms with E-state index in [1.807, 2.05) is 12.3 Å². The maximum Gasteiger partial charge on any atom is 0.271 e. The fourth-order valence-corrected chi connectivity index (χ4v) is 4.02. The number of amides is 1. The Balaban J connectivity index is 1.63. The number of hydrogen-bond acceptors (Lipinski definition) is 5. The van der Waals surface area contributed by atoms with Gasteiger partial charge in [0, 0.05) is 24.0 Å². The van der Waals surface area contributed by atoms with Crippen molar-refractivity contribution in [3.63, 3.8) is 0 Å². The first kappa shape index (κ1) is 14.0. The summed E-state index contributed by atoms with van der Waals surface area (Å²) < 4.78 is 0. The number of carbonyl (C=O) groups excluding carboxylic acids is 1. The molecule has 110 valence electrons. The molecule has 5 nitrogen and oxygen atoms in total. The fourth-order valence-electron chi connectivity index (χ4n) is 3.26. The Kier molecular flexibility index (Phi) is 4.05. The summed E-state index contributed by atoms with van der Waals surface area (Å²) in [5.41, 5.74) is 6.30. The van der Waals surface area contributed by atoms with Crippen LogP contribution in [-0.4, -0.2) is 41.0 Å². The smallest absolute Gasteiger partial charge is 0.271 e. The summed E-state index contributed by atoms with van der Waals surface area (Å²) in [6, 6.07) is 0.698. The van der Waals surface area contributed by atoms with Crippen molar-refractivity contribution < 1.29 is 4.79 Å². The zero-order valence-electron chi connectivity index (χ0n) is 11.8.